The first-order valence-corrected chi connectivity index (χ1v) is 8.39. The zero-order chi connectivity index (χ0) is 19.3. The number of anilines is 1. The number of ether oxygens (including phenoxy) is 1. The number of carbonyl (C=O) groups excluding carboxylic acids is 2. The second kappa shape index (κ2) is 8.56. The molecule has 138 valence electrons. The van der Waals surface area contributed by atoms with Crippen LogP contribution in [-0.4, -0.2) is 18.0 Å². The molecule has 0 aromatic heterocycles. The lowest BCUT2D eigenvalue weighted by atomic mass is 9.97. The van der Waals surface area contributed by atoms with Crippen molar-refractivity contribution in [3.8, 4) is 0 Å². The number of amides is 1. The van der Waals surface area contributed by atoms with Crippen LogP contribution in [0.4, 0.5) is 14.5 Å². The van der Waals surface area contributed by atoms with E-state index in [9.17, 15) is 18.4 Å². The van der Waals surface area contributed by atoms with E-state index < -0.39 is 35.2 Å². The smallest absolute Gasteiger partial charge is 0.344 e. The van der Waals surface area contributed by atoms with Crippen LogP contribution in [0.3, 0.4) is 0 Å². The van der Waals surface area contributed by atoms with Gasteiger partial charge in [0.1, 0.15) is 17.2 Å². The first kappa shape index (κ1) is 19.6. The van der Waals surface area contributed by atoms with E-state index in [-0.39, 0.29) is 5.92 Å². The average Bonchev–Trinajstić information content (AvgIpc) is 2.61. The van der Waals surface area contributed by atoms with Gasteiger partial charge in [-0.3, -0.25) is 4.79 Å². The van der Waals surface area contributed by atoms with Gasteiger partial charge >= 0.3 is 5.97 Å². The van der Waals surface area contributed by atoms with Crippen LogP contribution >= 0.6 is 0 Å². The van der Waals surface area contributed by atoms with Crippen LogP contribution < -0.4 is 5.32 Å². The van der Waals surface area contributed by atoms with E-state index in [1.807, 2.05) is 26.0 Å². The Morgan fingerprint density at radius 1 is 1.04 bits per heavy atom. The Balaban J connectivity index is 2.10. The third-order valence-electron chi connectivity index (χ3n) is 4.18. The number of hydrogen-bond acceptors (Lipinski definition) is 3. The van der Waals surface area contributed by atoms with Gasteiger partial charge in [-0.25, -0.2) is 13.6 Å². The van der Waals surface area contributed by atoms with Gasteiger partial charge in [-0.05, 0) is 43.0 Å². The molecule has 0 aliphatic heterocycles. The maximum absolute atomic E-state index is 13.6. The van der Waals surface area contributed by atoms with Crippen molar-refractivity contribution in [2.45, 2.75) is 39.2 Å². The van der Waals surface area contributed by atoms with E-state index in [4.69, 9.17) is 4.74 Å². The van der Waals surface area contributed by atoms with Gasteiger partial charge in [0.2, 0.25) is 0 Å². The van der Waals surface area contributed by atoms with Crippen molar-refractivity contribution in [1.82, 2.24) is 0 Å². The minimum atomic E-state index is -1.22. The Labute approximate surface area is 151 Å². The lowest BCUT2D eigenvalue weighted by Gasteiger charge is -2.18. The molecule has 2 rings (SSSR count). The number of rotatable bonds is 6. The highest BCUT2D eigenvalue weighted by molar-refractivity contribution is 5.98. The summed E-state index contributed by atoms with van der Waals surface area (Å²) in [5, 5.41) is 2.71. The molecule has 6 heteroatoms. The van der Waals surface area contributed by atoms with E-state index in [0.717, 1.165) is 30.2 Å². The zero-order valence-electron chi connectivity index (χ0n) is 14.9. The van der Waals surface area contributed by atoms with Crippen LogP contribution in [-0.2, 0) is 9.53 Å². The Hall–Kier alpha value is -2.76. The lowest BCUT2D eigenvalue weighted by Crippen LogP contribution is -2.31. The van der Waals surface area contributed by atoms with Crippen molar-refractivity contribution < 1.29 is 23.1 Å². The fraction of sp³-hybridized carbons (Fsp3) is 0.300. The van der Waals surface area contributed by atoms with Crippen molar-refractivity contribution in [2.24, 2.45) is 0 Å². The standard InChI is InChI=1S/C20H21F2NO3/c1-4-12(2)14-8-5-6-11-17(14)23-19(24)13(3)26-20(25)18-15(21)9-7-10-16(18)22/h5-13H,4H2,1-3H3,(H,23,24)/t12-,13+/m0/s1. The molecule has 0 aliphatic carbocycles. The second-order valence-corrected chi connectivity index (χ2v) is 6.03. The van der Waals surface area contributed by atoms with E-state index >= 15 is 0 Å². The summed E-state index contributed by atoms with van der Waals surface area (Å²) >= 11 is 0. The van der Waals surface area contributed by atoms with Crippen LogP contribution in [0.5, 0.6) is 0 Å². The van der Waals surface area contributed by atoms with Gasteiger partial charge in [-0.15, -0.1) is 0 Å². The molecular formula is C20H21F2NO3. The minimum Gasteiger partial charge on any atom is -0.449 e. The highest BCUT2D eigenvalue weighted by Gasteiger charge is 2.24. The predicted molar refractivity (Wildman–Crippen MR) is 95.0 cm³/mol. The average molecular weight is 361 g/mol. The molecule has 0 saturated carbocycles. The molecule has 4 nitrogen and oxygen atoms in total. The monoisotopic (exact) mass is 361 g/mol. The van der Waals surface area contributed by atoms with Crippen LogP contribution in [0.25, 0.3) is 0 Å². The van der Waals surface area contributed by atoms with Crippen molar-refractivity contribution >= 4 is 17.6 Å². The maximum atomic E-state index is 13.6. The molecule has 2 aromatic carbocycles. The summed E-state index contributed by atoms with van der Waals surface area (Å²) < 4.78 is 32.2. The number of benzene rings is 2. The summed E-state index contributed by atoms with van der Waals surface area (Å²) in [7, 11) is 0. The maximum Gasteiger partial charge on any atom is 0.344 e. The molecular weight excluding hydrogens is 340 g/mol. The Bertz CT molecular complexity index is 787. The second-order valence-electron chi connectivity index (χ2n) is 6.03. The van der Waals surface area contributed by atoms with Crippen LogP contribution in [0.15, 0.2) is 42.5 Å². The first-order chi connectivity index (χ1) is 12.3. The number of carbonyl (C=O) groups is 2. The Morgan fingerprint density at radius 3 is 2.27 bits per heavy atom. The molecule has 0 heterocycles. The highest BCUT2D eigenvalue weighted by Crippen LogP contribution is 2.26. The van der Waals surface area contributed by atoms with E-state index in [0.29, 0.717) is 5.69 Å². The molecule has 2 aromatic rings. The quantitative estimate of drug-likeness (QED) is 0.761. The number of para-hydroxylation sites is 1. The van der Waals surface area contributed by atoms with Crippen molar-refractivity contribution in [2.75, 3.05) is 5.32 Å². The third kappa shape index (κ3) is 4.45. The molecule has 0 unspecified atom stereocenters. The van der Waals surface area contributed by atoms with Crippen LogP contribution in [0.1, 0.15) is 49.0 Å². The topological polar surface area (TPSA) is 55.4 Å². The number of esters is 1. The van der Waals surface area contributed by atoms with Gasteiger partial charge in [0.25, 0.3) is 5.91 Å². The normalized spacial score (nSPS) is 13.0. The molecule has 0 saturated heterocycles. The number of hydrogen-bond donors (Lipinski definition) is 1. The van der Waals surface area contributed by atoms with Crippen LogP contribution in [0, 0.1) is 11.6 Å². The summed E-state index contributed by atoms with van der Waals surface area (Å²) in [4.78, 5) is 24.3. The van der Waals surface area contributed by atoms with Crippen molar-refractivity contribution in [3.05, 3.63) is 65.2 Å². The molecule has 1 N–H and O–H groups in total. The Morgan fingerprint density at radius 2 is 1.65 bits per heavy atom. The molecule has 0 aliphatic rings. The SMILES string of the molecule is CC[C@H](C)c1ccccc1NC(=O)[C@@H](C)OC(=O)c1c(F)cccc1F. The predicted octanol–water partition coefficient (Wildman–Crippen LogP) is 4.66. The molecule has 2 atom stereocenters. The van der Waals surface area contributed by atoms with E-state index in [2.05, 4.69) is 5.32 Å². The van der Waals surface area contributed by atoms with Crippen molar-refractivity contribution in [3.63, 3.8) is 0 Å². The fourth-order valence-corrected chi connectivity index (χ4v) is 2.46. The summed E-state index contributed by atoms with van der Waals surface area (Å²) in [5.74, 6) is -3.64. The summed E-state index contributed by atoms with van der Waals surface area (Å²) in [5.41, 5.74) is 0.765. The third-order valence-corrected chi connectivity index (χ3v) is 4.18. The molecule has 0 bridgehead atoms. The highest BCUT2D eigenvalue weighted by atomic mass is 19.1. The summed E-state index contributed by atoms with van der Waals surface area (Å²) in [6.07, 6.45) is -0.323. The largest absolute Gasteiger partial charge is 0.449 e. The van der Waals surface area contributed by atoms with Gasteiger partial charge in [-0.2, -0.15) is 0 Å². The van der Waals surface area contributed by atoms with Gasteiger partial charge in [-0.1, -0.05) is 38.1 Å². The fourth-order valence-electron chi connectivity index (χ4n) is 2.46. The van der Waals surface area contributed by atoms with Crippen molar-refractivity contribution in [1.29, 1.82) is 0 Å². The van der Waals surface area contributed by atoms with Gasteiger partial charge in [0.15, 0.2) is 6.10 Å². The van der Waals surface area contributed by atoms with E-state index in [1.165, 1.54) is 6.92 Å². The zero-order valence-corrected chi connectivity index (χ0v) is 14.9. The summed E-state index contributed by atoms with van der Waals surface area (Å²) in [6, 6.07) is 10.4. The number of halogens is 2. The lowest BCUT2D eigenvalue weighted by molar-refractivity contribution is -0.123. The number of nitrogens with one attached hydrogen (secondary N) is 1. The molecule has 26 heavy (non-hydrogen) atoms. The molecule has 0 spiro atoms. The molecule has 1 amide bonds. The first-order valence-electron chi connectivity index (χ1n) is 8.39. The minimum absolute atomic E-state index is 0.233. The Kier molecular flexibility index (Phi) is 6.44. The molecule has 0 fully saturated rings. The molecule has 0 radical (unpaired) electrons. The van der Waals surface area contributed by atoms with Gasteiger partial charge in [0.05, 0.1) is 0 Å². The summed E-state index contributed by atoms with van der Waals surface area (Å²) in [6.45, 7) is 5.42. The van der Waals surface area contributed by atoms with E-state index in [1.54, 1.807) is 12.1 Å². The van der Waals surface area contributed by atoms with Crippen LogP contribution in [0.2, 0.25) is 0 Å². The van der Waals surface area contributed by atoms with Gasteiger partial charge in [0, 0.05) is 5.69 Å². The van der Waals surface area contributed by atoms with Gasteiger partial charge < -0.3 is 10.1 Å².